The molecule has 1 aliphatic rings. The van der Waals surface area contributed by atoms with Crippen LogP contribution in [-0.4, -0.2) is 46.2 Å². The first-order valence-electron chi connectivity index (χ1n) is 10.3. The highest BCUT2D eigenvalue weighted by molar-refractivity contribution is 7.98. The maximum absolute atomic E-state index is 5.55. The fraction of sp³-hybridized carbons (Fsp3) is 0.524. The highest BCUT2D eigenvalue weighted by atomic mass is 32.2. The van der Waals surface area contributed by atoms with Crippen LogP contribution in [0.2, 0.25) is 0 Å². The van der Waals surface area contributed by atoms with Gasteiger partial charge in [0.2, 0.25) is 11.6 Å². The molecule has 31 heavy (non-hydrogen) atoms. The van der Waals surface area contributed by atoms with E-state index >= 15 is 0 Å². The van der Waals surface area contributed by atoms with Gasteiger partial charge < -0.3 is 18.7 Å². The molecular formula is C21H27N5O4S. The van der Waals surface area contributed by atoms with Crippen molar-refractivity contribution < 1.29 is 18.7 Å². The Morgan fingerprint density at radius 1 is 1.03 bits per heavy atom. The summed E-state index contributed by atoms with van der Waals surface area (Å²) in [5, 5.41) is 13.8. The standard InChI is InChI=1S/C21H27N5O4S/c1-13-22-18(30-25-13)12-31-21-24-23-20(26(21)15-8-6-5-7-9-15)14-10-16(27-2)19(29-4)17(11-14)28-3/h10-11,15H,5-9,12H2,1-4H3. The van der Waals surface area contributed by atoms with E-state index in [1.54, 1.807) is 33.1 Å². The van der Waals surface area contributed by atoms with Crippen molar-refractivity contribution in [2.24, 2.45) is 0 Å². The highest BCUT2D eigenvalue weighted by Crippen LogP contribution is 2.43. The van der Waals surface area contributed by atoms with Crippen molar-refractivity contribution in [1.82, 2.24) is 24.9 Å². The van der Waals surface area contributed by atoms with Gasteiger partial charge in [0.1, 0.15) is 0 Å². The van der Waals surface area contributed by atoms with Crippen LogP contribution in [-0.2, 0) is 5.75 Å². The maximum atomic E-state index is 5.55. The Morgan fingerprint density at radius 2 is 1.74 bits per heavy atom. The van der Waals surface area contributed by atoms with Crippen molar-refractivity contribution in [1.29, 1.82) is 0 Å². The van der Waals surface area contributed by atoms with Crippen molar-refractivity contribution in [2.75, 3.05) is 21.3 Å². The predicted molar refractivity (Wildman–Crippen MR) is 116 cm³/mol. The van der Waals surface area contributed by atoms with E-state index in [2.05, 4.69) is 24.9 Å². The van der Waals surface area contributed by atoms with Crippen molar-refractivity contribution in [3.63, 3.8) is 0 Å². The van der Waals surface area contributed by atoms with Gasteiger partial charge in [-0.05, 0) is 31.9 Å². The lowest BCUT2D eigenvalue weighted by Crippen LogP contribution is -2.15. The van der Waals surface area contributed by atoms with E-state index in [0.717, 1.165) is 29.4 Å². The fourth-order valence-corrected chi connectivity index (χ4v) is 4.82. The average molecular weight is 446 g/mol. The number of rotatable bonds is 8. The zero-order valence-corrected chi connectivity index (χ0v) is 19.1. The largest absolute Gasteiger partial charge is 0.493 e. The second-order valence-electron chi connectivity index (χ2n) is 7.41. The summed E-state index contributed by atoms with van der Waals surface area (Å²) in [6, 6.07) is 4.17. The molecule has 0 radical (unpaired) electrons. The monoisotopic (exact) mass is 445 g/mol. The number of thioether (sulfide) groups is 1. The number of aryl methyl sites for hydroxylation is 1. The second-order valence-corrected chi connectivity index (χ2v) is 8.35. The maximum Gasteiger partial charge on any atom is 0.237 e. The van der Waals surface area contributed by atoms with Gasteiger partial charge in [0, 0.05) is 11.6 Å². The van der Waals surface area contributed by atoms with Crippen molar-refractivity contribution in [3.8, 4) is 28.6 Å². The van der Waals surface area contributed by atoms with E-state index in [0.29, 0.717) is 40.8 Å². The molecule has 1 aromatic carbocycles. The molecule has 166 valence electrons. The van der Waals surface area contributed by atoms with Gasteiger partial charge in [-0.3, -0.25) is 4.57 Å². The molecule has 0 bridgehead atoms. The third-order valence-corrected chi connectivity index (χ3v) is 6.35. The number of hydrogen-bond acceptors (Lipinski definition) is 9. The normalized spacial score (nSPS) is 14.6. The number of ether oxygens (including phenoxy) is 3. The second kappa shape index (κ2) is 9.59. The smallest absolute Gasteiger partial charge is 0.237 e. The summed E-state index contributed by atoms with van der Waals surface area (Å²) in [7, 11) is 4.82. The summed E-state index contributed by atoms with van der Waals surface area (Å²) < 4.78 is 24.1. The summed E-state index contributed by atoms with van der Waals surface area (Å²) in [5.74, 6) is 4.27. The van der Waals surface area contributed by atoms with Crippen LogP contribution in [0.4, 0.5) is 0 Å². The van der Waals surface area contributed by atoms with E-state index in [1.807, 2.05) is 19.1 Å². The number of aromatic nitrogens is 5. The van der Waals surface area contributed by atoms with Crippen LogP contribution in [0.15, 0.2) is 21.8 Å². The van der Waals surface area contributed by atoms with Gasteiger partial charge >= 0.3 is 0 Å². The highest BCUT2D eigenvalue weighted by Gasteiger charge is 2.26. The zero-order chi connectivity index (χ0) is 21.8. The quantitative estimate of drug-likeness (QED) is 0.465. The first kappa shape index (κ1) is 21.5. The van der Waals surface area contributed by atoms with Crippen molar-refractivity contribution >= 4 is 11.8 Å². The minimum absolute atomic E-state index is 0.338. The zero-order valence-electron chi connectivity index (χ0n) is 18.3. The van der Waals surface area contributed by atoms with Crippen LogP contribution < -0.4 is 14.2 Å². The van der Waals surface area contributed by atoms with Crippen LogP contribution in [0.1, 0.15) is 49.9 Å². The molecule has 0 saturated heterocycles. The summed E-state index contributed by atoms with van der Waals surface area (Å²) in [4.78, 5) is 4.29. The number of hydrogen-bond donors (Lipinski definition) is 0. The van der Waals surface area contributed by atoms with E-state index in [-0.39, 0.29) is 0 Å². The van der Waals surface area contributed by atoms with Crippen LogP contribution >= 0.6 is 11.8 Å². The average Bonchev–Trinajstić information content (AvgIpc) is 3.43. The lowest BCUT2D eigenvalue weighted by atomic mass is 9.95. The first-order valence-corrected chi connectivity index (χ1v) is 11.3. The van der Waals surface area contributed by atoms with E-state index in [1.165, 1.54) is 19.3 Å². The summed E-state index contributed by atoms with van der Waals surface area (Å²) in [6.07, 6.45) is 5.86. The predicted octanol–water partition coefficient (Wildman–Crippen LogP) is 4.46. The molecule has 3 aromatic rings. The third-order valence-electron chi connectivity index (χ3n) is 5.42. The molecule has 0 atom stereocenters. The van der Waals surface area contributed by atoms with Crippen molar-refractivity contribution in [3.05, 3.63) is 23.8 Å². The Hall–Kier alpha value is -2.75. The van der Waals surface area contributed by atoms with Crippen LogP contribution in [0, 0.1) is 6.92 Å². The Morgan fingerprint density at radius 3 is 2.32 bits per heavy atom. The number of benzene rings is 1. The lowest BCUT2D eigenvalue weighted by molar-refractivity contribution is 0.324. The number of nitrogens with zero attached hydrogens (tertiary/aromatic N) is 5. The molecule has 4 rings (SSSR count). The molecule has 9 nitrogen and oxygen atoms in total. The van der Waals surface area contributed by atoms with Gasteiger partial charge in [-0.25, -0.2) is 0 Å². The van der Waals surface area contributed by atoms with Gasteiger partial charge in [0.05, 0.1) is 27.1 Å². The molecule has 0 spiro atoms. The Kier molecular flexibility index (Phi) is 6.64. The van der Waals surface area contributed by atoms with Gasteiger partial charge in [0.15, 0.2) is 28.3 Å². The lowest BCUT2D eigenvalue weighted by Gasteiger charge is -2.25. The minimum Gasteiger partial charge on any atom is -0.493 e. The Labute approximate surface area is 185 Å². The van der Waals surface area contributed by atoms with Crippen LogP contribution in [0.3, 0.4) is 0 Å². The first-order chi connectivity index (χ1) is 15.1. The molecule has 1 aliphatic carbocycles. The molecule has 2 heterocycles. The molecule has 10 heteroatoms. The molecule has 0 aliphatic heterocycles. The van der Waals surface area contributed by atoms with Crippen molar-refractivity contribution in [2.45, 2.75) is 56.0 Å². The third kappa shape index (κ3) is 4.48. The van der Waals surface area contributed by atoms with Gasteiger partial charge in [-0.15, -0.1) is 10.2 Å². The molecule has 0 N–H and O–H groups in total. The number of methoxy groups -OCH3 is 3. The molecular weight excluding hydrogens is 418 g/mol. The minimum atomic E-state index is 0.338. The molecule has 0 unspecified atom stereocenters. The molecule has 1 saturated carbocycles. The summed E-state index contributed by atoms with van der Waals surface area (Å²) >= 11 is 1.56. The van der Waals surface area contributed by atoms with E-state index in [9.17, 15) is 0 Å². The van der Waals surface area contributed by atoms with Crippen LogP contribution in [0.25, 0.3) is 11.4 Å². The van der Waals surface area contributed by atoms with Gasteiger partial charge in [-0.1, -0.05) is 36.2 Å². The SMILES string of the molecule is COc1cc(-c2nnc(SCc3nc(C)no3)n2C2CCCCC2)cc(OC)c1OC. The Balaban J connectivity index is 1.74. The van der Waals surface area contributed by atoms with Crippen LogP contribution in [0.5, 0.6) is 17.2 Å². The Bertz CT molecular complexity index is 1000. The molecule has 2 aromatic heterocycles. The summed E-state index contributed by atoms with van der Waals surface area (Å²) in [6.45, 7) is 1.81. The fourth-order valence-electron chi connectivity index (χ4n) is 3.98. The molecule has 1 fully saturated rings. The van der Waals surface area contributed by atoms with E-state index in [4.69, 9.17) is 18.7 Å². The van der Waals surface area contributed by atoms with Gasteiger partial charge in [-0.2, -0.15) is 4.98 Å². The van der Waals surface area contributed by atoms with E-state index < -0.39 is 0 Å². The summed E-state index contributed by atoms with van der Waals surface area (Å²) in [5.41, 5.74) is 0.869. The topological polar surface area (TPSA) is 97.3 Å². The molecule has 0 amide bonds. The van der Waals surface area contributed by atoms with Gasteiger partial charge in [0.25, 0.3) is 0 Å².